The second kappa shape index (κ2) is 7.75. The van der Waals surface area contributed by atoms with Crippen molar-refractivity contribution >= 4 is 39.8 Å². The first-order valence-electron chi connectivity index (χ1n) is 7.87. The quantitative estimate of drug-likeness (QED) is 0.648. The first kappa shape index (κ1) is 17.6. The van der Waals surface area contributed by atoms with Crippen LogP contribution < -0.4 is 16.0 Å². The number of nitrogens with zero attached hydrogens (tertiary/aromatic N) is 2. The molecule has 0 unspecified atom stereocenters. The largest absolute Gasteiger partial charge is 0.324 e. The zero-order chi connectivity index (χ0) is 18.5. The lowest BCUT2D eigenvalue weighted by molar-refractivity contribution is 0.102. The lowest BCUT2D eigenvalue weighted by Gasteiger charge is -2.09. The number of aryl methyl sites for hydroxylation is 2. The average Bonchev–Trinajstić information content (AvgIpc) is 3.07. The molecule has 132 valence electrons. The molecule has 0 spiro atoms. The van der Waals surface area contributed by atoms with E-state index in [1.54, 1.807) is 18.2 Å². The minimum absolute atomic E-state index is 0.0670. The summed E-state index contributed by atoms with van der Waals surface area (Å²) in [6.07, 6.45) is 0. The van der Waals surface area contributed by atoms with Gasteiger partial charge < -0.3 is 10.6 Å². The molecule has 0 atom stereocenters. The van der Waals surface area contributed by atoms with Crippen LogP contribution in [-0.4, -0.2) is 21.5 Å². The summed E-state index contributed by atoms with van der Waals surface area (Å²) in [6, 6.07) is 14.3. The normalized spacial score (nSPS) is 10.2. The van der Waals surface area contributed by atoms with E-state index >= 15 is 0 Å². The number of para-hydroxylation sites is 1. The maximum atomic E-state index is 12.4. The Balaban J connectivity index is 1.68. The van der Waals surface area contributed by atoms with Crippen molar-refractivity contribution in [2.24, 2.45) is 0 Å². The van der Waals surface area contributed by atoms with E-state index in [0.717, 1.165) is 22.7 Å². The van der Waals surface area contributed by atoms with Crippen LogP contribution in [0.4, 0.5) is 21.2 Å². The van der Waals surface area contributed by atoms with Crippen molar-refractivity contribution < 1.29 is 9.59 Å². The zero-order valence-electron chi connectivity index (χ0n) is 14.2. The molecular weight excluding hydrogens is 350 g/mol. The van der Waals surface area contributed by atoms with Crippen LogP contribution in [-0.2, 0) is 0 Å². The van der Waals surface area contributed by atoms with E-state index in [1.807, 2.05) is 44.2 Å². The zero-order valence-corrected chi connectivity index (χ0v) is 15.1. The molecule has 0 bridgehead atoms. The Bertz CT molecular complexity index is 937. The van der Waals surface area contributed by atoms with Crippen LogP contribution in [0.25, 0.3) is 0 Å². The number of carbonyl (C=O) groups excluding carboxylic acids is 2. The van der Waals surface area contributed by atoms with Gasteiger partial charge in [-0.25, -0.2) is 4.79 Å². The van der Waals surface area contributed by atoms with Gasteiger partial charge in [-0.2, -0.15) is 0 Å². The third-order valence-corrected chi connectivity index (χ3v) is 4.27. The summed E-state index contributed by atoms with van der Waals surface area (Å²) >= 11 is 0.940. The molecule has 2 aromatic carbocycles. The smallest absolute Gasteiger partial charge is 0.320 e. The molecular formula is C18H17N5O2S. The van der Waals surface area contributed by atoms with Crippen molar-refractivity contribution in [1.82, 2.24) is 9.59 Å². The van der Waals surface area contributed by atoms with Crippen LogP contribution in [0.2, 0.25) is 0 Å². The van der Waals surface area contributed by atoms with Crippen molar-refractivity contribution in [1.29, 1.82) is 0 Å². The summed E-state index contributed by atoms with van der Waals surface area (Å²) in [7, 11) is 0. The molecule has 8 heteroatoms. The summed E-state index contributed by atoms with van der Waals surface area (Å²) in [5.41, 5.74) is 3.42. The minimum atomic E-state index is -0.468. The summed E-state index contributed by atoms with van der Waals surface area (Å²) in [5.74, 6) is -0.432. The van der Waals surface area contributed by atoms with Gasteiger partial charge in [-0.3, -0.25) is 10.1 Å². The highest BCUT2D eigenvalue weighted by Gasteiger charge is 2.19. The van der Waals surface area contributed by atoms with E-state index in [2.05, 4.69) is 25.5 Å². The number of anilines is 3. The van der Waals surface area contributed by atoms with E-state index in [0.29, 0.717) is 11.4 Å². The number of benzene rings is 2. The van der Waals surface area contributed by atoms with Crippen LogP contribution in [0.1, 0.15) is 21.6 Å². The fourth-order valence-corrected chi connectivity index (χ4v) is 2.78. The average molecular weight is 367 g/mol. The van der Waals surface area contributed by atoms with Gasteiger partial charge >= 0.3 is 6.03 Å². The highest BCUT2D eigenvalue weighted by molar-refractivity contribution is 7.10. The van der Waals surface area contributed by atoms with Crippen LogP contribution in [0.15, 0.2) is 48.5 Å². The Labute approximate surface area is 154 Å². The van der Waals surface area contributed by atoms with E-state index in [-0.39, 0.29) is 10.7 Å². The van der Waals surface area contributed by atoms with Crippen molar-refractivity contribution in [2.75, 3.05) is 16.0 Å². The van der Waals surface area contributed by atoms with Gasteiger partial charge in [0.05, 0.1) is 0 Å². The summed E-state index contributed by atoms with van der Waals surface area (Å²) < 4.78 is 3.77. The number of carbonyl (C=O) groups is 2. The molecule has 1 heterocycles. The fourth-order valence-electron chi connectivity index (χ4n) is 2.22. The number of nitrogens with one attached hydrogen (secondary N) is 3. The van der Waals surface area contributed by atoms with Gasteiger partial charge in [0.1, 0.15) is 0 Å². The van der Waals surface area contributed by atoms with Crippen LogP contribution in [0.5, 0.6) is 0 Å². The number of rotatable bonds is 4. The standard InChI is InChI=1S/C18H17N5O2S/c1-11-7-9-13(10-8-11)19-18(25)21-17-15(22-23-26-17)16(24)20-14-6-4-3-5-12(14)2/h3-10H,1-2H3,(H,20,24)(H2,19,21,25). The third-order valence-electron chi connectivity index (χ3n) is 3.63. The van der Waals surface area contributed by atoms with E-state index in [4.69, 9.17) is 0 Å². The van der Waals surface area contributed by atoms with Crippen molar-refractivity contribution in [3.05, 3.63) is 65.4 Å². The van der Waals surface area contributed by atoms with Gasteiger partial charge in [0, 0.05) is 22.9 Å². The molecule has 0 aliphatic carbocycles. The number of hydrogen-bond acceptors (Lipinski definition) is 5. The molecule has 0 radical (unpaired) electrons. The number of hydrogen-bond donors (Lipinski definition) is 3. The first-order valence-corrected chi connectivity index (χ1v) is 8.64. The molecule has 7 nitrogen and oxygen atoms in total. The van der Waals surface area contributed by atoms with Gasteiger partial charge in [-0.05, 0) is 37.6 Å². The molecule has 0 saturated heterocycles. The van der Waals surface area contributed by atoms with Crippen molar-refractivity contribution in [3.8, 4) is 0 Å². The summed E-state index contributed by atoms with van der Waals surface area (Å²) in [4.78, 5) is 24.6. The highest BCUT2D eigenvalue weighted by Crippen LogP contribution is 2.21. The Morgan fingerprint density at radius 2 is 1.65 bits per heavy atom. The summed E-state index contributed by atoms with van der Waals surface area (Å²) in [5, 5.41) is 12.2. The maximum absolute atomic E-state index is 12.4. The topological polar surface area (TPSA) is 96.0 Å². The molecule has 0 aliphatic rings. The molecule has 3 amide bonds. The van der Waals surface area contributed by atoms with Gasteiger partial charge in [-0.1, -0.05) is 40.4 Å². The van der Waals surface area contributed by atoms with E-state index < -0.39 is 11.9 Å². The number of aromatic nitrogens is 2. The second-order valence-corrected chi connectivity index (χ2v) is 6.42. The highest BCUT2D eigenvalue weighted by atomic mass is 32.1. The molecule has 0 fully saturated rings. The van der Waals surface area contributed by atoms with E-state index in [9.17, 15) is 9.59 Å². The SMILES string of the molecule is Cc1ccc(NC(=O)Nc2snnc2C(=O)Nc2ccccc2C)cc1. The molecule has 3 rings (SSSR count). The Hall–Kier alpha value is -3.26. The number of amides is 3. The van der Waals surface area contributed by atoms with Crippen LogP contribution in [0, 0.1) is 13.8 Å². The minimum Gasteiger partial charge on any atom is -0.320 e. The van der Waals surface area contributed by atoms with Crippen molar-refractivity contribution in [3.63, 3.8) is 0 Å². The Morgan fingerprint density at radius 1 is 0.923 bits per heavy atom. The van der Waals surface area contributed by atoms with Crippen LogP contribution in [0.3, 0.4) is 0 Å². The van der Waals surface area contributed by atoms with Gasteiger partial charge in [0.25, 0.3) is 5.91 Å². The Kier molecular flexibility index (Phi) is 5.23. The monoisotopic (exact) mass is 367 g/mol. The predicted octanol–water partition coefficient (Wildman–Crippen LogP) is 4.05. The second-order valence-electron chi connectivity index (χ2n) is 5.66. The number of urea groups is 1. The van der Waals surface area contributed by atoms with Gasteiger partial charge in [-0.15, -0.1) is 5.10 Å². The lowest BCUT2D eigenvalue weighted by atomic mass is 10.2. The fraction of sp³-hybridized carbons (Fsp3) is 0.111. The van der Waals surface area contributed by atoms with Gasteiger partial charge in [0.15, 0.2) is 10.7 Å². The molecule has 1 aromatic heterocycles. The first-order chi connectivity index (χ1) is 12.5. The predicted molar refractivity (Wildman–Crippen MR) is 103 cm³/mol. The molecule has 3 aromatic rings. The third kappa shape index (κ3) is 4.22. The van der Waals surface area contributed by atoms with Crippen molar-refractivity contribution in [2.45, 2.75) is 13.8 Å². The maximum Gasteiger partial charge on any atom is 0.324 e. The molecule has 0 saturated carbocycles. The summed E-state index contributed by atoms with van der Waals surface area (Å²) in [6.45, 7) is 3.86. The van der Waals surface area contributed by atoms with Crippen LogP contribution >= 0.6 is 11.5 Å². The molecule has 26 heavy (non-hydrogen) atoms. The molecule has 3 N–H and O–H groups in total. The molecule has 0 aliphatic heterocycles. The lowest BCUT2D eigenvalue weighted by Crippen LogP contribution is -2.21. The van der Waals surface area contributed by atoms with Gasteiger partial charge in [0.2, 0.25) is 0 Å². The van der Waals surface area contributed by atoms with E-state index in [1.165, 1.54) is 0 Å². The Morgan fingerprint density at radius 3 is 2.38 bits per heavy atom.